The van der Waals surface area contributed by atoms with Gasteiger partial charge in [0.05, 0.1) is 5.71 Å². The summed E-state index contributed by atoms with van der Waals surface area (Å²) in [5.41, 5.74) is 0.0787. The van der Waals surface area contributed by atoms with Gasteiger partial charge in [0.25, 0.3) is 5.91 Å². The summed E-state index contributed by atoms with van der Waals surface area (Å²) in [5, 5.41) is 6.84. The second kappa shape index (κ2) is 2.45. The normalized spacial score (nSPS) is 8.38. The molecule has 0 saturated carbocycles. The fraction of sp³-hybridized carbons (Fsp3) is 0.600. The van der Waals surface area contributed by atoms with E-state index in [1.54, 1.807) is 14.1 Å². The smallest absolute Gasteiger partial charge is 0.266 e. The number of nitrogens with zero attached hydrogens (tertiary/aromatic N) is 1. The van der Waals surface area contributed by atoms with Crippen LogP contribution in [-0.4, -0.2) is 30.6 Å². The van der Waals surface area contributed by atoms with Gasteiger partial charge in [-0.3, -0.25) is 10.2 Å². The van der Waals surface area contributed by atoms with Crippen LogP contribution in [0.3, 0.4) is 0 Å². The molecule has 0 rings (SSSR count). The SMILES string of the molecule is CC(=N)C(=O)N(C)C. The number of hydrogen-bond donors (Lipinski definition) is 1. The summed E-state index contributed by atoms with van der Waals surface area (Å²) in [6.07, 6.45) is 0. The second-order valence-corrected chi connectivity index (χ2v) is 1.82. The molecule has 0 aromatic heterocycles. The Bertz CT molecular complexity index is 118. The van der Waals surface area contributed by atoms with Crippen molar-refractivity contribution >= 4 is 11.6 Å². The first kappa shape index (κ1) is 7.14. The molecule has 8 heavy (non-hydrogen) atoms. The summed E-state index contributed by atoms with van der Waals surface area (Å²) in [6, 6.07) is 0. The lowest BCUT2D eigenvalue weighted by Crippen LogP contribution is -2.27. The van der Waals surface area contributed by atoms with Crippen LogP contribution in [0.4, 0.5) is 0 Å². The third kappa shape index (κ3) is 1.73. The van der Waals surface area contributed by atoms with Crippen LogP contribution in [0, 0.1) is 5.41 Å². The Hall–Kier alpha value is -0.860. The quantitative estimate of drug-likeness (QED) is 0.483. The molecule has 1 N–H and O–H groups in total. The van der Waals surface area contributed by atoms with Gasteiger partial charge < -0.3 is 4.90 Å². The summed E-state index contributed by atoms with van der Waals surface area (Å²) in [5.74, 6) is -0.231. The van der Waals surface area contributed by atoms with E-state index in [0.29, 0.717) is 0 Å². The lowest BCUT2D eigenvalue weighted by molar-refractivity contribution is -0.121. The van der Waals surface area contributed by atoms with Crippen LogP contribution in [0.25, 0.3) is 0 Å². The van der Waals surface area contributed by atoms with Crippen LogP contribution in [-0.2, 0) is 4.79 Å². The highest BCUT2D eigenvalue weighted by atomic mass is 16.2. The van der Waals surface area contributed by atoms with Crippen molar-refractivity contribution in [2.75, 3.05) is 14.1 Å². The number of amides is 1. The minimum absolute atomic E-state index is 0.0787. The molecule has 0 aromatic carbocycles. The number of carbonyl (C=O) groups excluding carboxylic acids is 1. The topological polar surface area (TPSA) is 44.2 Å². The van der Waals surface area contributed by atoms with E-state index in [4.69, 9.17) is 5.41 Å². The molecular weight excluding hydrogens is 104 g/mol. The average Bonchev–Trinajstić information content (AvgIpc) is 1.64. The van der Waals surface area contributed by atoms with Crippen molar-refractivity contribution in [3.05, 3.63) is 0 Å². The first-order valence-corrected chi connectivity index (χ1v) is 2.32. The number of rotatable bonds is 1. The molecule has 0 aliphatic rings. The molecule has 0 atom stereocenters. The molecule has 0 spiro atoms. The van der Waals surface area contributed by atoms with E-state index in [9.17, 15) is 4.79 Å². The zero-order chi connectivity index (χ0) is 6.73. The maximum Gasteiger partial charge on any atom is 0.266 e. The molecule has 1 amide bonds. The molecule has 3 heteroatoms. The van der Waals surface area contributed by atoms with Crippen LogP contribution < -0.4 is 0 Å². The van der Waals surface area contributed by atoms with E-state index in [1.165, 1.54) is 11.8 Å². The molecule has 0 heterocycles. The first-order valence-electron chi connectivity index (χ1n) is 2.32. The maximum absolute atomic E-state index is 10.5. The molecule has 46 valence electrons. The third-order valence-electron chi connectivity index (χ3n) is 0.727. The van der Waals surface area contributed by atoms with E-state index in [0.717, 1.165) is 0 Å². The third-order valence-corrected chi connectivity index (χ3v) is 0.727. The van der Waals surface area contributed by atoms with Gasteiger partial charge in [-0.25, -0.2) is 0 Å². The molecule has 0 fully saturated rings. The largest absolute Gasteiger partial charge is 0.344 e. The van der Waals surface area contributed by atoms with Crippen molar-refractivity contribution in [2.45, 2.75) is 6.92 Å². The van der Waals surface area contributed by atoms with Crippen LogP contribution in [0.5, 0.6) is 0 Å². The molecule has 0 aliphatic heterocycles. The van der Waals surface area contributed by atoms with Crippen molar-refractivity contribution in [2.24, 2.45) is 0 Å². The molecule has 0 bridgehead atoms. The predicted octanol–water partition coefficient (Wildman–Crippen LogP) is 0.114. The summed E-state index contributed by atoms with van der Waals surface area (Å²) >= 11 is 0. The molecule has 0 radical (unpaired) electrons. The molecule has 0 saturated heterocycles. The molecule has 0 aliphatic carbocycles. The van der Waals surface area contributed by atoms with E-state index >= 15 is 0 Å². The van der Waals surface area contributed by atoms with Gasteiger partial charge in [-0.15, -0.1) is 0 Å². The van der Waals surface area contributed by atoms with Crippen molar-refractivity contribution in [1.82, 2.24) is 4.90 Å². The van der Waals surface area contributed by atoms with Crippen LogP contribution in [0.15, 0.2) is 0 Å². The first-order chi connectivity index (χ1) is 3.55. The summed E-state index contributed by atoms with van der Waals surface area (Å²) in [6.45, 7) is 1.47. The van der Waals surface area contributed by atoms with Gasteiger partial charge in [0.1, 0.15) is 0 Å². The molecule has 0 unspecified atom stereocenters. The second-order valence-electron chi connectivity index (χ2n) is 1.82. The van der Waals surface area contributed by atoms with Gasteiger partial charge in [-0.2, -0.15) is 0 Å². The highest BCUT2D eigenvalue weighted by molar-refractivity contribution is 6.36. The molecule has 0 aromatic rings. The Balaban J connectivity index is 3.84. The Morgan fingerprint density at radius 1 is 1.50 bits per heavy atom. The van der Waals surface area contributed by atoms with Gasteiger partial charge in [-0.05, 0) is 6.92 Å². The van der Waals surface area contributed by atoms with Crippen LogP contribution in [0.2, 0.25) is 0 Å². The summed E-state index contributed by atoms with van der Waals surface area (Å²) in [4.78, 5) is 11.9. The summed E-state index contributed by atoms with van der Waals surface area (Å²) in [7, 11) is 3.25. The van der Waals surface area contributed by atoms with Gasteiger partial charge in [0.15, 0.2) is 0 Å². The van der Waals surface area contributed by atoms with Gasteiger partial charge in [0, 0.05) is 14.1 Å². The number of nitrogens with one attached hydrogen (secondary N) is 1. The van der Waals surface area contributed by atoms with Gasteiger partial charge in [0.2, 0.25) is 0 Å². The zero-order valence-electron chi connectivity index (χ0n) is 5.36. The molecular formula is C5H10N2O. The van der Waals surface area contributed by atoms with Crippen molar-refractivity contribution in [3.8, 4) is 0 Å². The Morgan fingerprint density at radius 3 is 1.88 bits per heavy atom. The van der Waals surface area contributed by atoms with E-state index in [1.807, 2.05) is 0 Å². The van der Waals surface area contributed by atoms with Crippen LogP contribution in [0.1, 0.15) is 6.92 Å². The lowest BCUT2D eigenvalue weighted by Gasteiger charge is -2.06. The van der Waals surface area contributed by atoms with Gasteiger partial charge in [-0.1, -0.05) is 0 Å². The maximum atomic E-state index is 10.5. The fourth-order valence-corrected chi connectivity index (χ4v) is 0.335. The van der Waals surface area contributed by atoms with Crippen molar-refractivity contribution < 1.29 is 4.79 Å². The van der Waals surface area contributed by atoms with E-state index in [2.05, 4.69) is 0 Å². The minimum Gasteiger partial charge on any atom is -0.344 e. The number of carbonyl (C=O) groups is 1. The zero-order valence-corrected chi connectivity index (χ0v) is 5.36. The highest BCUT2D eigenvalue weighted by Crippen LogP contribution is 1.78. The van der Waals surface area contributed by atoms with Crippen molar-refractivity contribution in [1.29, 1.82) is 5.41 Å². The Morgan fingerprint density at radius 2 is 1.88 bits per heavy atom. The number of hydrogen-bond acceptors (Lipinski definition) is 2. The minimum atomic E-state index is -0.231. The Kier molecular flexibility index (Phi) is 2.19. The lowest BCUT2D eigenvalue weighted by atomic mass is 10.4. The average molecular weight is 114 g/mol. The predicted molar refractivity (Wildman–Crippen MR) is 32.1 cm³/mol. The van der Waals surface area contributed by atoms with E-state index in [-0.39, 0.29) is 11.6 Å². The van der Waals surface area contributed by atoms with Gasteiger partial charge >= 0.3 is 0 Å². The Labute approximate surface area is 48.8 Å². The monoisotopic (exact) mass is 114 g/mol. The summed E-state index contributed by atoms with van der Waals surface area (Å²) < 4.78 is 0. The standard InChI is InChI=1S/C5H10N2O/c1-4(6)5(8)7(2)3/h6H,1-3H3. The van der Waals surface area contributed by atoms with Crippen LogP contribution >= 0.6 is 0 Å². The van der Waals surface area contributed by atoms with E-state index < -0.39 is 0 Å². The molecule has 3 nitrogen and oxygen atoms in total. The fourth-order valence-electron chi connectivity index (χ4n) is 0.335. The highest BCUT2D eigenvalue weighted by Gasteiger charge is 2.03. The van der Waals surface area contributed by atoms with Crippen molar-refractivity contribution in [3.63, 3.8) is 0 Å².